The van der Waals surface area contributed by atoms with Crippen molar-refractivity contribution in [3.63, 3.8) is 0 Å². The van der Waals surface area contributed by atoms with E-state index in [1.807, 2.05) is 25.1 Å². The molecule has 1 aromatic carbocycles. The van der Waals surface area contributed by atoms with E-state index in [1.54, 1.807) is 30.7 Å². The molecule has 3 rings (SSSR count). The Labute approximate surface area is 139 Å². The monoisotopic (exact) mass is 327 g/mol. The fourth-order valence-electron chi connectivity index (χ4n) is 2.28. The SMILES string of the molecule is CC(Nc1ccc(-c2cncc(Cl)c2)cn1)c1ccc(F)cc1. The van der Waals surface area contributed by atoms with Gasteiger partial charge in [-0.1, -0.05) is 23.7 Å². The highest BCUT2D eigenvalue weighted by molar-refractivity contribution is 6.30. The van der Waals surface area contributed by atoms with E-state index in [0.29, 0.717) is 5.02 Å². The number of hydrogen-bond donors (Lipinski definition) is 1. The Hall–Kier alpha value is -2.46. The lowest BCUT2D eigenvalue weighted by Crippen LogP contribution is -2.07. The maximum Gasteiger partial charge on any atom is 0.126 e. The largest absolute Gasteiger partial charge is 0.364 e. The van der Waals surface area contributed by atoms with Crippen molar-refractivity contribution in [3.05, 3.63) is 77.5 Å². The zero-order chi connectivity index (χ0) is 16.2. The molecule has 0 saturated heterocycles. The standard InChI is InChI=1S/C18H15ClFN3/c1-12(13-2-5-17(20)6-3-13)23-18-7-4-14(10-22-18)15-8-16(19)11-21-9-15/h2-12H,1H3,(H,22,23). The van der Waals surface area contributed by atoms with E-state index in [9.17, 15) is 4.39 Å². The molecule has 0 radical (unpaired) electrons. The first-order valence-corrected chi connectivity index (χ1v) is 7.58. The number of hydrogen-bond acceptors (Lipinski definition) is 3. The third-order valence-corrected chi connectivity index (χ3v) is 3.74. The van der Waals surface area contributed by atoms with Crippen LogP contribution >= 0.6 is 11.6 Å². The summed E-state index contributed by atoms with van der Waals surface area (Å²) in [6.45, 7) is 2.00. The average molecular weight is 328 g/mol. The number of rotatable bonds is 4. The molecule has 0 fully saturated rings. The van der Waals surface area contributed by atoms with Gasteiger partial charge in [-0.15, -0.1) is 0 Å². The molecule has 0 saturated carbocycles. The summed E-state index contributed by atoms with van der Waals surface area (Å²) in [5.74, 6) is 0.513. The molecule has 2 aromatic heterocycles. The van der Waals surface area contributed by atoms with Crippen molar-refractivity contribution in [2.75, 3.05) is 5.32 Å². The van der Waals surface area contributed by atoms with E-state index in [1.165, 1.54) is 12.1 Å². The molecule has 0 amide bonds. The number of anilines is 1. The maximum atomic E-state index is 13.0. The summed E-state index contributed by atoms with van der Waals surface area (Å²) in [5.41, 5.74) is 2.86. The second-order valence-electron chi connectivity index (χ2n) is 5.24. The van der Waals surface area contributed by atoms with Crippen LogP contribution in [0.25, 0.3) is 11.1 Å². The van der Waals surface area contributed by atoms with Crippen molar-refractivity contribution < 1.29 is 4.39 Å². The smallest absolute Gasteiger partial charge is 0.126 e. The number of nitrogens with zero attached hydrogens (tertiary/aromatic N) is 2. The third kappa shape index (κ3) is 3.85. The summed E-state index contributed by atoms with van der Waals surface area (Å²) in [4.78, 5) is 8.48. The Morgan fingerprint density at radius 1 is 1.00 bits per heavy atom. The van der Waals surface area contributed by atoms with Gasteiger partial charge in [-0.2, -0.15) is 0 Å². The van der Waals surface area contributed by atoms with E-state index in [-0.39, 0.29) is 11.9 Å². The summed E-state index contributed by atoms with van der Waals surface area (Å²) in [6.07, 6.45) is 5.11. The average Bonchev–Trinajstić information content (AvgIpc) is 2.56. The van der Waals surface area contributed by atoms with Crippen LogP contribution in [0.3, 0.4) is 0 Å². The molecule has 0 aliphatic rings. The predicted molar refractivity (Wildman–Crippen MR) is 90.9 cm³/mol. The molecule has 5 heteroatoms. The molecule has 3 aromatic rings. The molecular weight excluding hydrogens is 313 g/mol. The Bertz CT molecular complexity index is 788. The van der Waals surface area contributed by atoms with Crippen LogP contribution < -0.4 is 5.32 Å². The lowest BCUT2D eigenvalue weighted by atomic mass is 10.1. The van der Waals surface area contributed by atoms with Crippen LogP contribution in [0.1, 0.15) is 18.5 Å². The third-order valence-electron chi connectivity index (χ3n) is 3.54. The van der Waals surface area contributed by atoms with Gasteiger partial charge in [-0.3, -0.25) is 4.98 Å². The molecular formula is C18H15ClFN3. The van der Waals surface area contributed by atoms with Crippen molar-refractivity contribution in [2.45, 2.75) is 13.0 Å². The van der Waals surface area contributed by atoms with Gasteiger partial charge in [0.05, 0.1) is 5.02 Å². The topological polar surface area (TPSA) is 37.8 Å². The van der Waals surface area contributed by atoms with E-state index >= 15 is 0 Å². The number of halogens is 2. The summed E-state index contributed by atoms with van der Waals surface area (Å²) < 4.78 is 13.0. The first-order valence-electron chi connectivity index (χ1n) is 7.21. The molecule has 1 atom stereocenters. The van der Waals surface area contributed by atoms with Crippen LogP contribution in [-0.2, 0) is 0 Å². The Kier molecular flexibility index (Phi) is 4.53. The zero-order valence-electron chi connectivity index (χ0n) is 12.5. The summed E-state index contributed by atoms with van der Waals surface area (Å²) in [7, 11) is 0. The minimum Gasteiger partial charge on any atom is -0.364 e. The normalized spacial score (nSPS) is 12.0. The Morgan fingerprint density at radius 3 is 2.43 bits per heavy atom. The Morgan fingerprint density at radius 2 is 1.78 bits per heavy atom. The van der Waals surface area contributed by atoms with Crippen LogP contribution in [0, 0.1) is 5.82 Å². The van der Waals surface area contributed by atoms with E-state index in [2.05, 4.69) is 15.3 Å². The summed E-state index contributed by atoms with van der Waals surface area (Å²) in [5, 5.41) is 3.88. The van der Waals surface area contributed by atoms with Gasteiger partial charge in [0, 0.05) is 35.8 Å². The fraction of sp³-hybridized carbons (Fsp3) is 0.111. The summed E-state index contributed by atoms with van der Waals surface area (Å²) >= 11 is 5.95. The van der Waals surface area contributed by atoms with Crippen LogP contribution in [0.5, 0.6) is 0 Å². The number of aromatic nitrogens is 2. The first kappa shape index (κ1) is 15.4. The van der Waals surface area contributed by atoms with Gasteiger partial charge < -0.3 is 5.32 Å². The van der Waals surface area contributed by atoms with Crippen LogP contribution in [0.4, 0.5) is 10.2 Å². The minimum absolute atomic E-state index is 0.0294. The Balaban J connectivity index is 1.73. The molecule has 23 heavy (non-hydrogen) atoms. The summed E-state index contributed by atoms with van der Waals surface area (Å²) in [6, 6.07) is 12.2. The highest BCUT2D eigenvalue weighted by Crippen LogP contribution is 2.23. The van der Waals surface area contributed by atoms with Gasteiger partial charge in [0.25, 0.3) is 0 Å². The van der Waals surface area contributed by atoms with E-state index < -0.39 is 0 Å². The highest BCUT2D eigenvalue weighted by Gasteiger charge is 2.07. The maximum absolute atomic E-state index is 13.0. The quantitative estimate of drug-likeness (QED) is 0.723. The van der Waals surface area contributed by atoms with Crippen molar-refractivity contribution in [1.82, 2.24) is 9.97 Å². The molecule has 0 spiro atoms. The van der Waals surface area contributed by atoms with Gasteiger partial charge in [0.15, 0.2) is 0 Å². The molecule has 3 nitrogen and oxygen atoms in total. The van der Waals surface area contributed by atoms with Crippen LogP contribution in [0.2, 0.25) is 5.02 Å². The van der Waals surface area contributed by atoms with Gasteiger partial charge in [0.2, 0.25) is 0 Å². The fourth-order valence-corrected chi connectivity index (χ4v) is 2.45. The van der Waals surface area contributed by atoms with Crippen molar-refractivity contribution in [1.29, 1.82) is 0 Å². The van der Waals surface area contributed by atoms with Crippen LogP contribution in [0.15, 0.2) is 61.1 Å². The predicted octanol–water partition coefficient (Wildman–Crippen LogP) is 5.11. The number of nitrogens with one attached hydrogen (secondary N) is 1. The molecule has 2 heterocycles. The van der Waals surface area contributed by atoms with Gasteiger partial charge in [-0.25, -0.2) is 9.37 Å². The van der Waals surface area contributed by atoms with E-state index in [4.69, 9.17) is 11.6 Å². The molecule has 1 N–H and O–H groups in total. The second kappa shape index (κ2) is 6.75. The number of pyridine rings is 2. The minimum atomic E-state index is -0.237. The van der Waals surface area contributed by atoms with Crippen molar-refractivity contribution in [3.8, 4) is 11.1 Å². The lowest BCUT2D eigenvalue weighted by Gasteiger charge is -2.15. The molecule has 0 aliphatic carbocycles. The lowest BCUT2D eigenvalue weighted by molar-refractivity contribution is 0.626. The van der Waals surface area contributed by atoms with Gasteiger partial charge in [-0.05, 0) is 42.8 Å². The molecule has 0 bridgehead atoms. The molecule has 1 unspecified atom stereocenters. The number of benzene rings is 1. The first-order chi connectivity index (χ1) is 11.1. The molecule has 116 valence electrons. The van der Waals surface area contributed by atoms with E-state index in [0.717, 1.165) is 22.5 Å². The zero-order valence-corrected chi connectivity index (χ0v) is 13.3. The van der Waals surface area contributed by atoms with Crippen LogP contribution in [-0.4, -0.2) is 9.97 Å². The second-order valence-corrected chi connectivity index (χ2v) is 5.68. The molecule has 0 aliphatic heterocycles. The van der Waals surface area contributed by atoms with Gasteiger partial charge >= 0.3 is 0 Å². The highest BCUT2D eigenvalue weighted by atomic mass is 35.5. The van der Waals surface area contributed by atoms with Gasteiger partial charge in [0.1, 0.15) is 11.6 Å². The van der Waals surface area contributed by atoms with Crippen molar-refractivity contribution >= 4 is 17.4 Å². The van der Waals surface area contributed by atoms with Crippen molar-refractivity contribution in [2.24, 2.45) is 0 Å².